The molecule has 1 fully saturated rings. The zero-order valence-electron chi connectivity index (χ0n) is 6.18. The average molecular weight is 141 g/mol. The summed E-state index contributed by atoms with van der Waals surface area (Å²) in [6.07, 6.45) is 3.04. The van der Waals surface area contributed by atoms with Crippen LogP contribution < -0.4 is 10.6 Å². The van der Waals surface area contributed by atoms with Crippen molar-refractivity contribution in [1.29, 1.82) is 0 Å². The second-order valence-electron chi connectivity index (χ2n) is 2.52. The molecule has 0 spiro atoms. The van der Waals surface area contributed by atoms with E-state index in [2.05, 4.69) is 10.6 Å². The van der Waals surface area contributed by atoms with Gasteiger partial charge in [-0.15, -0.1) is 0 Å². The van der Waals surface area contributed by atoms with Crippen molar-refractivity contribution in [3.63, 3.8) is 0 Å². The fourth-order valence-electron chi connectivity index (χ4n) is 1.20. The van der Waals surface area contributed by atoms with E-state index in [4.69, 9.17) is 0 Å². The molecule has 57 valence electrons. The van der Waals surface area contributed by atoms with Gasteiger partial charge in [-0.25, -0.2) is 0 Å². The summed E-state index contributed by atoms with van der Waals surface area (Å²) in [7, 11) is 0. The lowest BCUT2D eigenvalue weighted by atomic mass is 10.1. The van der Waals surface area contributed by atoms with Gasteiger partial charge in [-0.05, 0) is 6.42 Å². The molecule has 1 unspecified atom stereocenters. The Hall–Kier alpha value is -0.410. The fourth-order valence-corrected chi connectivity index (χ4v) is 1.20. The maximum absolute atomic E-state index is 10.3. The van der Waals surface area contributed by atoms with Crippen molar-refractivity contribution < 1.29 is 4.79 Å². The molecule has 3 heteroatoms. The maximum Gasteiger partial charge on any atom is 0.204 e. The van der Waals surface area contributed by atoms with E-state index in [0.29, 0.717) is 0 Å². The minimum atomic E-state index is 0.0162. The number of hydrogen-bond donors (Lipinski definition) is 2. The molecule has 0 aromatic heterocycles. The minimum Gasteiger partial charge on any atom is -0.300 e. The van der Waals surface area contributed by atoms with Crippen molar-refractivity contribution in [3.05, 3.63) is 0 Å². The molecule has 1 atom stereocenters. The van der Waals surface area contributed by atoms with Crippen LogP contribution in [-0.2, 0) is 4.79 Å². The first-order chi connectivity index (χ1) is 4.88. The summed E-state index contributed by atoms with van der Waals surface area (Å²) < 4.78 is 0. The number of hydrogen-bond acceptors (Lipinski definition) is 3. The molecule has 1 rings (SSSR count). The molecule has 10 heavy (non-hydrogen) atoms. The summed E-state index contributed by atoms with van der Waals surface area (Å²) in [4.78, 5) is 10.3. The van der Waals surface area contributed by atoms with Crippen LogP contribution in [-0.4, -0.2) is 25.5 Å². The van der Waals surface area contributed by atoms with E-state index < -0.39 is 0 Å². The first kappa shape index (κ1) is 7.69. The van der Waals surface area contributed by atoms with E-state index in [9.17, 15) is 4.79 Å². The summed E-state index contributed by atoms with van der Waals surface area (Å²) >= 11 is 0. The predicted octanol–water partition coefficient (Wildman–Crippen LogP) is -0.359. The van der Waals surface area contributed by atoms with Gasteiger partial charge >= 0.3 is 0 Å². The van der Waals surface area contributed by atoms with Crippen LogP contribution in [0.1, 0.15) is 13.3 Å². The van der Waals surface area contributed by atoms with Crippen LogP contribution in [0.4, 0.5) is 0 Å². The third-order valence-electron chi connectivity index (χ3n) is 1.85. The molecule has 1 heterocycles. The van der Waals surface area contributed by atoms with Gasteiger partial charge in [-0.2, -0.15) is 0 Å². The Labute approximate surface area is 61.2 Å². The SMILES string of the molecule is CCC([C]=O)C1NCCN1. The van der Waals surface area contributed by atoms with Crippen molar-refractivity contribution in [3.8, 4) is 0 Å². The van der Waals surface area contributed by atoms with Crippen molar-refractivity contribution in [2.24, 2.45) is 5.92 Å². The Kier molecular flexibility index (Phi) is 2.83. The molecular weight excluding hydrogens is 128 g/mol. The van der Waals surface area contributed by atoms with Gasteiger partial charge < -0.3 is 10.6 Å². The summed E-state index contributed by atoms with van der Waals surface area (Å²) in [5.41, 5.74) is 0. The standard InChI is InChI=1S/C7H13N2O/c1-2-6(5-10)7-8-3-4-9-7/h6-9H,2-4H2,1H3. The van der Waals surface area contributed by atoms with Gasteiger partial charge in [0, 0.05) is 13.1 Å². The van der Waals surface area contributed by atoms with E-state index >= 15 is 0 Å². The summed E-state index contributed by atoms with van der Waals surface area (Å²) in [6, 6.07) is 0. The van der Waals surface area contributed by atoms with Crippen LogP contribution in [0.3, 0.4) is 0 Å². The zero-order valence-corrected chi connectivity index (χ0v) is 6.18. The van der Waals surface area contributed by atoms with Crippen LogP contribution in [0.15, 0.2) is 0 Å². The van der Waals surface area contributed by atoms with Crippen LogP contribution >= 0.6 is 0 Å². The van der Waals surface area contributed by atoms with E-state index in [1.165, 1.54) is 0 Å². The average Bonchev–Trinajstić information content (AvgIpc) is 2.43. The molecule has 1 radical (unpaired) electrons. The molecule has 0 aliphatic carbocycles. The van der Waals surface area contributed by atoms with Gasteiger partial charge in [-0.3, -0.25) is 4.79 Å². The van der Waals surface area contributed by atoms with Gasteiger partial charge in [0.2, 0.25) is 6.29 Å². The number of carbonyl (C=O) groups excluding carboxylic acids is 1. The molecule has 2 N–H and O–H groups in total. The molecule has 3 nitrogen and oxygen atoms in total. The highest BCUT2D eigenvalue weighted by atomic mass is 16.1. The third-order valence-corrected chi connectivity index (χ3v) is 1.85. The van der Waals surface area contributed by atoms with Crippen LogP contribution in [0.5, 0.6) is 0 Å². The Morgan fingerprint density at radius 2 is 2.20 bits per heavy atom. The highest BCUT2D eigenvalue weighted by Crippen LogP contribution is 2.04. The summed E-state index contributed by atoms with van der Waals surface area (Å²) in [6.45, 7) is 3.92. The lowest BCUT2D eigenvalue weighted by Gasteiger charge is -2.15. The van der Waals surface area contributed by atoms with Gasteiger partial charge in [-0.1, -0.05) is 6.92 Å². The number of nitrogens with one attached hydrogen (secondary N) is 2. The van der Waals surface area contributed by atoms with Crippen LogP contribution in [0.2, 0.25) is 0 Å². The maximum atomic E-state index is 10.3. The van der Waals surface area contributed by atoms with Gasteiger partial charge in [0.25, 0.3) is 0 Å². The Morgan fingerprint density at radius 1 is 1.60 bits per heavy atom. The fraction of sp³-hybridized carbons (Fsp3) is 0.857. The first-order valence-electron chi connectivity index (χ1n) is 3.73. The van der Waals surface area contributed by atoms with Gasteiger partial charge in [0.15, 0.2) is 0 Å². The molecule has 1 saturated heterocycles. The van der Waals surface area contributed by atoms with Crippen LogP contribution in [0.25, 0.3) is 0 Å². The lowest BCUT2D eigenvalue weighted by molar-refractivity contribution is 0.411. The van der Waals surface area contributed by atoms with E-state index in [1.807, 2.05) is 13.2 Å². The molecule has 0 bridgehead atoms. The van der Waals surface area contributed by atoms with E-state index in [1.54, 1.807) is 0 Å². The Bertz CT molecular complexity index is 110. The monoisotopic (exact) mass is 141 g/mol. The molecule has 0 aromatic rings. The van der Waals surface area contributed by atoms with E-state index in [0.717, 1.165) is 19.5 Å². The van der Waals surface area contributed by atoms with Crippen molar-refractivity contribution in [2.75, 3.05) is 13.1 Å². The minimum absolute atomic E-state index is 0.0162. The number of rotatable bonds is 3. The topological polar surface area (TPSA) is 41.1 Å². The summed E-state index contributed by atoms with van der Waals surface area (Å²) in [5, 5.41) is 6.37. The highest BCUT2D eigenvalue weighted by molar-refractivity contribution is 5.55. The zero-order chi connectivity index (χ0) is 7.40. The lowest BCUT2D eigenvalue weighted by Crippen LogP contribution is -2.39. The quantitative estimate of drug-likeness (QED) is 0.564. The van der Waals surface area contributed by atoms with E-state index in [-0.39, 0.29) is 12.1 Å². The molecule has 1 aliphatic rings. The molecule has 0 amide bonds. The second kappa shape index (κ2) is 3.68. The highest BCUT2D eigenvalue weighted by Gasteiger charge is 2.22. The molecular formula is C7H13N2O. The van der Waals surface area contributed by atoms with Crippen molar-refractivity contribution in [1.82, 2.24) is 10.6 Å². The molecule has 0 aromatic carbocycles. The first-order valence-corrected chi connectivity index (χ1v) is 3.73. The largest absolute Gasteiger partial charge is 0.300 e. The van der Waals surface area contributed by atoms with Gasteiger partial charge in [0.1, 0.15) is 0 Å². The smallest absolute Gasteiger partial charge is 0.204 e. The Morgan fingerprint density at radius 3 is 2.60 bits per heavy atom. The molecule has 0 saturated carbocycles. The predicted molar refractivity (Wildman–Crippen MR) is 39.3 cm³/mol. The second-order valence-corrected chi connectivity index (χ2v) is 2.52. The molecule has 1 aliphatic heterocycles. The third kappa shape index (κ3) is 1.55. The summed E-state index contributed by atoms with van der Waals surface area (Å²) in [5.74, 6) is 0.0162. The van der Waals surface area contributed by atoms with Crippen molar-refractivity contribution in [2.45, 2.75) is 19.5 Å². The Balaban J connectivity index is 2.36. The van der Waals surface area contributed by atoms with Crippen LogP contribution in [0, 0.1) is 5.92 Å². The van der Waals surface area contributed by atoms with Gasteiger partial charge in [0.05, 0.1) is 12.1 Å². The normalized spacial score (nSPS) is 22.9. The van der Waals surface area contributed by atoms with Crippen molar-refractivity contribution >= 4 is 6.29 Å².